The molecule has 3 aromatic heterocycles. The summed E-state index contributed by atoms with van der Waals surface area (Å²) in [6.45, 7) is 11.4. The first kappa shape index (κ1) is 19.4. The Morgan fingerprint density at radius 2 is 1.79 bits per heavy atom. The van der Waals surface area contributed by atoms with Gasteiger partial charge >= 0.3 is 0 Å². The van der Waals surface area contributed by atoms with E-state index in [1.54, 1.807) is 11.6 Å². The minimum atomic E-state index is -0.0495. The second-order valence-corrected chi connectivity index (χ2v) is 8.14. The highest BCUT2D eigenvalue weighted by molar-refractivity contribution is 5.76. The monoisotopic (exact) mass is 396 g/mol. The topological polar surface area (TPSA) is 88.3 Å². The Hall–Kier alpha value is -2.90. The summed E-state index contributed by atoms with van der Waals surface area (Å²) in [5.41, 5.74) is 6.22. The number of piperidine rings is 1. The molecule has 154 valence electrons. The number of hydrogen-bond donors (Lipinski definition) is 1. The lowest BCUT2D eigenvalue weighted by atomic mass is 9.93. The first-order valence-electron chi connectivity index (χ1n) is 10.1. The van der Waals surface area contributed by atoms with Crippen LogP contribution in [0.3, 0.4) is 0 Å². The van der Waals surface area contributed by atoms with Gasteiger partial charge < -0.3 is 4.90 Å². The number of fused-ring (bicyclic) bond motifs is 1. The van der Waals surface area contributed by atoms with Crippen LogP contribution in [0.15, 0.2) is 10.9 Å². The van der Waals surface area contributed by atoms with E-state index in [0.29, 0.717) is 24.3 Å². The fourth-order valence-electron chi connectivity index (χ4n) is 4.06. The summed E-state index contributed by atoms with van der Waals surface area (Å²) in [5.74, 6) is 0.395. The van der Waals surface area contributed by atoms with Crippen LogP contribution in [0.1, 0.15) is 52.7 Å². The molecular weight excluding hydrogens is 368 g/mol. The van der Waals surface area contributed by atoms with Crippen molar-refractivity contribution in [2.75, 3.05) is 13.1 Å². The van der Waals surface area contributed by atoms with Crippen LogP contribution in [0.25, 0.3) is 5.65 Å². The number of aromatic amines is 1. The van der Waals surface area contributed by atoms with Crippen LogP contribution in [0.5, 0.6) is 0 Å². The molecule has 0 radical (unpaired) electrons. The molecule has 1 fully saturated rings. The molecule has 8 nitrogen and oxygen atoms in total. The molecule has 1 N–H and O–H groups in total. The molecule has 0 atom stereocenters. The molecule has 1 saturated heterocycles. The first-order valence-corrected chi connectivity index (χ1v) is 10.1. The second kappa shape index (κ2) is 7.17. The fourth-order valence-corrected chi connectivity index (χ4v) is 4.06. The largest absolute Gasteiger partial charge is 0.341 e. The Morgan fingerprint density at radius 1 is 1.10 bits per heavy atom. The molecule has 0 aliphatic carbocycles. The standard InChI is InChI=1S/C21H28N6O2/c1-12-15(4)23-26(16(12)5)11-20(28)25-8-6-17(7-9-25)18-10-19-22-14(3)13(2)21(29)27(19)24-18/h10,17,24H,6-9,11H2,1-5H3. The van der Waals surface area contributed by atoms with Crippen molar-refractivity contribution in [3.8, 4) is 0 Å². The van der Waals surface area contributed by atoms with Gasteiger partial charge in [-0.05, 0) is 53.0 Å². The molecule has 4 rings (SSSR count). The highest BCUT2D eigenvalue weighted by atomic mass is 16.2. The number of rotatable bonds is 3. The molecule has 0 unspecified atom stereocenters. The lowest BCUT2D eigenvalue weighted by Crippen LogP contribution is -2.40. The van der Waals surface area contributed by atoms with E-state index in [2.05, 4.69) is 15.2 Å². The van der Waals surface area contributed by atoms with Gasteiger partial charge in [0.2, 0.25) is 5.91 Å². The van der Waals surface area contributed by atoms with Gasteiger partial charge in [-0.25, -0.2) is 9.50 Å². The van der Waals surface area contributed by atoms with Gasteiger partial charge in [-0.3, -0.25) is 19.4 Å². The summed E-state index contributed by atoms with van der Waals surface area (Å²) < 4.78 is 3.33. The Labute approximate surface area is 169 Å². The SMILES string of the molecule is Cc1nn(CC(=O)N2CCC(c3cc4nc(C)c(C)c(=O)n4[nH]3)CC2)c(C)c1C. The van der Waals surface area contributed by atoms with E-state index < -0.39 is 0 Å². The van der Waals surface area contributed by atoms with E-state index in [4.69, 9.17) is 0 Å². The first-order chi connectivity index (χ1) is 13.8. The molecule has 4 heterocycles. The van der Waals surface area contributed by atoms with Crippen molar-refractivity contribution in [2.24, 2.45) is 0 Å². The molecule has 3 aromatic rings. The number of nitrogens with one attached hydrogen (secondary N) is 1. The molecule has 1 aliphatic rings. The summed E-state index contributed by atoms with van der Waals surface area (Å²) in [7, 11) is 0. The smallest absolute Gasteiger partial charge is 0.275 e. The minimum absolute atomic E-state index is 0.0495. The van der Waals surface area contributed by atoms with Crippen molar-refractivity contribution in [1.82, 2.24) is 29.3 Å². The normalized spacial score (nSPS) is 15.4. The maximum atomic E-state index is 12.7. The number of carbonyl (C=O) groups excluding carboxylic acids is 1. The zero-order chi connectivity index (χ0) is 20.9. The molecule has 1 amide bonds. The Bertz CT molecular complexity index is 1140. The highest BCUT2D eigenvalue weighted by Crippen LogP contribution is 2.27. The summed E-state index contributed by atoms with van der Waals surface area (Å²) in [6.07, 6.45) is 1.73. The van der Waals surface area contributed by atoms with Gasteiger partial charge in [0, 0.05) is 47.7 Å². The summed E-state index contributed by atoms with van der Waals surface area (Å²) in [4.78, 5) is 31.6. The maximum Gasteiger partial charge on any atom is 0.275 e. The number of carbonyl (C=O) groups is 1. The minimum Gasteiger partial charge on any atom is -0.341 e. The Balaban J connectivity index is 1.44. The third-order valence-electron chi connectivity index (χ3n) is 6.42. The zero-order valence-electron chi connectivity index (χ0n) is 17.7. The average Bonchev–Trinajstić information content (AvgIpc) is 3.23. The van der Waals surface area contributed by atoms with Gasteiger partial charge in [0.05, 0.1) is 5.69 Å². The van der Waals surface area contributed by atoms with Gasteiger partial charge in [-0.2, -0.15) is 5.10 Å². The molecule has 0 spiro atoms. The number of aromatic nitrogens is 5. The molecule has 1 aliphatic heterocycles. The third kappa shape index (κ3) is 3.36. The van der Waals surface area contributed by atoms with Crippen molar-refractivity contribution >= 4 is 11.6 Å². The quantitative estimate of drug-likeness (QED) is 0.735. The molecule has 0 bridgehead atoms. The molecule has 0 aromatic carbocycles. The van der Waals surface area contributed by atoms with E-state index in [1.807, 2.05) is 38.7 Å². The Kier molecular flexibility index (Phi) is 4.80. The van der Waals surface area contributed by atoms with Gasteiger partial charge in [-0.1, -0.05) is 0 Å². The fraction of sp³-hybridized carbons (Fsp3) is 0.524. The van der Waals surface area contributed by atoms with Crippen LogP contribution in [-0.4, -0.2) is 48.3 Å². The van der Waals surface area contributed by atoms with Crippen LogP contribution in [0.2, 0.25) is 0 Å². The van der Waals surface area contributed by atoms with Crippen LogP contribution in [-0.2, 0) is 11.3 Å². The van der Waals surface area contributed by atoms with E-state index in [1.165, 1.54) is 4.52 Å². The summed E-state index contributed by atoms with van der Waals surface area (Å²) in [5, 5.41) is 7.70. The van der Waals surface area contributed by atoms with Gasteiger partial charge in [-0.15, -0.1) is 0 Å². The number of amides is 1. The number of H-pyrrole nitrogens is 1. The highest BCUT2D eigenvalue weighted by Gasteiger charge is 2.26. The maximum absolute atomic E-state index is 12.7. The van der Waals surface area contributed by atoms with E-state index in [0.717, 1.165) is 41.2 Å². The van der Waals surface area contributed by atoms with Crippen LogP contribution < -0.4 is 5.56 Å². The van der Waals surface area contributed by atoms with Crippen molar-refractivity contribution < 1.29 is 4.79 Å². The van der Waals surface area contributed by atoms with Crippen molar-refractivity contribution in [2.45, 2.75) is 59.9 Å². The van der Waals surface area contributed by atoms with E-state index in [9.17, 15) is 9.59 Å². The molecular formula is C21H28N6O2. The van der Waals surface area contributed by atoms with E-state index in [-0.39, 0.29) is 23.9 Å². The number of nitrogens with zero attached hydrogens (tertiary/aromatic N) is 5. The van der Waals surface area contributed by atoms with Crippen molar-refractivity contribution in [1.29, 1.82) is 0 Å². The predicted octanol–water partition coefficient (Wildman–Crippen LogP) is 2.17. The molecule has 0 saturated carbocycles. The van der Waals surface area contributed by atoms with Gasteiger partial charge in [0.1, 0.15) is 6.54 Å². The second-order valence-electron chi connectivity index (χ2n) is 8.14. The van der Waals surface area contributed by atoms with Crippen molar-refractivity contribution in [3.63, 3.8) is 0 Å². The van der Waals surface area contributed by atoms with E-state index >= 15 is 0 Å². The number of likely N-dealkylation sites (tertiary alicyclic amines) is 1. The van der Waals surface area contributed by atoms with Crippen LogP contribution in [0, 0.1) is 34.6 Å². The van der Waals surface area contributed by atoms with Gasteiger partial charge in [0.25, 0.3) is 5.56 Å². The lowest BCUT2D eigenvalue weighted by Gasteiger charge is -2.31. The lowest BCUT2D eigenvalue weighted by molar-refractivity contribution is -0.133. The number of hydrogen-bond acceptors (Lipinski definition) is 4. The summed E-state index contributed by atoms with van der Waals surface area (Å²) in [6, 6.07) is 1.97. The van der Waals surface area contributed by atoms with Crippen LogP contribution in [0.4, 0.5) is 0 Å². The molecule has 29 heavy (non-hydrogen) atoms. The predicted molar refractivity (Wildman–Crippen MR) is 110 cm³/mol. The third-order valence-corrected chi connectivity index (χ3v) is 6.42. The average molecular weight is 396 g/mol. The van der Waals surface area contributed by atoms with Crippen molar-refractivity contribution in [3.05, 3.63) is 50.3 Å². The summed E-state index contributed by atoms with van der Waals surface area (Å²) >= 11 is 0. The van der Waals surface area contributed by atoms with Gasteiger partial charge in [0.15, 0.2) is 5.65 Å². The van der Waals surface area contributed by atoms with Crippen LogP contribution >= 0.6 is 0 Å². The zero-order valence-corrected chi connectivity index (χ0v) is 17.7. The Morgan fingerprint density at radius 3 is 2.41 bits per heavy atom. The molecule has 8 heteroatoms. The number of aryl methyl sites for hydroxylation is 2.